The van der Waals surface area contributed by atoms with Crippen molar-refractivity contribution in [3.8, 4) is 0 Å². The monoisotopic (exact) mass is 293 g/mol. The molecule has 5 heteroatoms. The summed E-state index contributed by atoms with van der Waals surface area (Å²) in [6, 6.07) is 7.28. The highest BCUT2D eigenvalue weighted by Crippen LogP contribution is 2.39. The van der Waals surface area contributed by atoms with Gasteiger partial charge < -0.3 is 9.51 Å². The quantitative estimate of drug-likeness (QED) is 0.803. The average Bonchev–Trinajstić information content (AvgIpc) is 3.28. The van der Waals surface area contributed by atoms with Gasteiger partial charge in [0.05, 0.1) is 11.3 Å². The number of hydrogen-bond acceptors (Lipinski definition) is 3. The van der Waals surface area contributed by atoms with Crippen LogP contribution in [0.3, 0.4) is 0 Å². The van der Waals surface area contributed by atoms with E-state index in [0.717, 1.165) is 11.3 Å². The van der Waals surface area contributed by atoms with E-state index in [0.29, 0.717) is 18.0 Å². The van der Waals surface area contributed by atoms with Crippen LogP contribution in [0.2, 0.25) is 0 Å². The molecule has 1 aliphatic rings. The number of nitrogens with zero attached hydrogens (tertiary/aromatic N) is 3. The molecule has 3 heterocycles. The van der Waals surface area contributed by atoms with E-state index in [1.165, 1.54) is 30.7 Å². The van der Waals surface area contributed by atoms with Crippen LogP contribution < -0.4 is 0 Å². The number of carboxylic acid groups (broad SMARTS) is 1. The predicted molar refractivity (Wildman–Crippen MR) is 81.2 cm³/mol. The Labute approximate surface area is 127 Å². The number of fused-ring (bicyclic) bond motifs is 1. The second kappa shape index (κ2) is 4.94. The molecule has 3 aromatic rings. The van der Waals surface area contributed by atoms with Crippen molar-refractivity contribution in [1.29, 1.82) is 0 Å². The molecule has 0 atom stereocenters. The Morgan fingerprint density at radius 1 is 1.23 bits per heavy atom. The third kappa shape index (κ3) is 2.45. The second-order valence-corrected chi connectivity index (χ2v) is 5.75. The fourth-order valence-electron chi connectivity index (χ4n) is 2.70. The van der Waals surface area contributed by atoms with Crippen molar-refractivity contribution in [2.75, 3.05) is 0 Å². The van der Waals surface area contributed by atoms with Crippen LogP contribution in [0.25, 0.3) is 5.65 Å². The van der Waals surface area contributed by atoms with Crippen LogP contribution in [0.1, 0.15) is 46.1 Å². The van der Waals surface area contributed by atoms with Gasteiger partial charge in [0.25, 0.3) is 0 Å². The molecule has 22 heavy (non-hydrogen) atoms. The van der Waals surface area contributed by atoms with Crippen LogP contribution in [0.15, 0.2) is 42.9 Å². The predicted octanol–water partition coefficient (Wildman–Crippen LogP) is 2.90. The van der Waals surface area contributed by atoms with Gasteiger partial charge in [0.2, 0.25) is 0 Å². The van der Waals surface area contributed by atoms with E-state index in [1.54, 1.807) is 6.07 Å². The topological polar surface area (TPSA) is 67.5 Å². The zero-order chi connectivity index (χ0) is 15.1. The standard InChI is InChI=1S/C17H15N3O2/c21-17(22)12-5-6-18-14(7-12)8-15-10-20-9-13(11-1-2-11)3-4-16(20)19-15/h3-7,9-11H,1-2,8H2,(H,21,22). The van der Waals surface area contributed by atoms with E-state index in [9.17, 15) is 4.79 Å². The van der Waals surface area contributed by atoms with Crippen molar-refractivity contribution in [2.24, 2.45) is 0 Å². The zero-order valence-corrected chi connectivity index (χ0v) is 11.9. The lowest BCUT2D eigenvalue weighted by molar-refractivity contribution is 0.0696. The number of pyridine rings is 2. The summed E-state index contributed by atoms with van der Waals surface area (Å²) in [4.78, 5) is 19.8. The van der Waals surface area contributed by atoms with Gasteiger partial charge in [0.1, 0.15) is 5.65 Å². The fraction of sp³-hybridized carbons (Fsp3) is 0.235. The van der Waals surface area contributed by atoms with Crippen LogP contribution in [0.4, 0.5) is 0 Å². The van der Waals surface area contributed by atoms with E-state index >= 15 is 0 Å². The fourth-order valence-corrected chi connectivity index (χ4v) is 2.70. The van der Waals surface area contributed by atoms with Gasteiger partial charge in [-0.25, -0.2) is 9.78 Å². The molecule has 1 fully saturated rings. The first-order valence-corrected chi connectivity index (χ1v) is 7.35. The molecule has 0 aromatic carbocycles. The molecule has 3 aromatic heterocycles. The van der Waals surface area contributed by atoms with E-state index in [-0.39, 0.29) is 5.56 Å². The molecule has 1 aliphatic carbocycles. The van der Waals surface area contributed by atoms with E-state index < -0.39 is 5.97 Å². The number of imidazole rings is 1. The summed E-state index contributed by atoms with van der Waals surface area (Å²) in [6.45, 7) is 0. The maximum absolute atomic E-state index is 11.0. The Bertz CT molecular complexity index is 865. The van der Waals surface area contributed by atoms with Gasteiger partial charge >= 0.3 is 5.97 Å². The molecule has 0 aliphatic heterocycles. The van der Waals surface area contributed by atoms with Crippen LogP contribution in [0.5, 0.6) is 0 Å². The van der Waals surface area contributed by atoms with E-state index in [2.05, 4.69) is 22.2 Å². The Balaban J connectivity index is 1.63. The summed E-state index contributed by atoms with van der Waals surface area (Å²) in [5.41, 5.74) is 4.13. The molecule has 1 N–H and O–H groups in total. The van der Waals surface area contributed by atoms with Gasteiger partial charge in [0.15, 0.2) is 0 Å². The largest absolute Gasteiger partial charge is 0.478 e. The molecule has 0 radical (unpaired) electrons. The summed E-state index contributed by atoms with van der Waals surface area (Å²) in [5.74, 6) is -0.225. The first-order chi connectivity index (χ1) is 10.7. The first-order valence-electron chi connectivity index (χ1n) is 7.35. The highest BCUT2D eigenvalue weighted by Gasteiger charge is 2.23. The smallest absolute Gasteiger partial charge is 0.335 e. The highest BCUT2D eigenvalue weighted by atomic mass is 16.4. The lowest BCUT2D eigenvalue weighted by atomic mass is 10.2. The molecule has 5 nitrogen and oxygen atoms in total. The number of aromatic carboxylic acids is 1. The maximum Gasteiger partial charge on any atom is 0.335 e. The molecule has 4 rings (SSSR count). The summed E-state index contributed by atoms with van der Waals surface area (Å²) < 4.78 is 2.05. The van der Waals surface area contributed by atoms with Crippen molar-refractivity contribution in [1.82, 2.24) is 14.4 Å². The Morgan fingerprint density at radius 2 is 2.09 bits per heavy atom. The van der Waals surface area contributed by atoms with Gasteiger partial charge in [-0.05, 0) is 42.5 Å². The molecule has 0 amide bonds. The molecule has 110 valence electrons. The zero-order valence-electron chi connectivity index (χ0n) is 11.9. The molecule has 0 unspecified atom stereocenters. The lowest BCUT2D eigenvalue weighted by Crippen LogP contribution is -2.00. The minimum atomic E-state index is -0.937. The van der Waals surface area contributed by atoms with Crippen LogP contribution in [-0.2, 0) is 6.42 Å². The van der Waals surface area contributed by atoms with Gasteiger partial charge in [-0.1, -0.05) is 6.07 Å². The second-order valence-electron chi connectivity index (χ2n) is 5.75. The van der Waals surface area contributed by atoms with Crippen LogP contribution >= 0.6 is 0 Å². The maximum atomic E-state index is 11.0. The number of aromatic nitrogens is 3. The Kier molecular flexibility index (Phi) is 2.92. The Hall–Kier alpha value is -2.69. The summed E-state index contributed by atoms with van der Waals surface area (Å²) in [5, 5.41) is 9.03. The van der Waals surface area contributed by atoms with Crippen molar-refractivity contribution < 1.29 is 9.90 Å². The number of carbonyl (C=O) groups is 1. The Morgan fingerprint density at radius 3 is 2.86 bits per heavy atom. The summed E-state index contributed by atoms with van der Waals surface area (Å²) in [6.07, 6.45) is 8.75. The van der Waals surface area contributed by atoms with Gasteiger partial charge in [-0.3, -0.25) is 4.98 Å². The third-order valence-electron chi connectivity index (χ3n) is 4.00. The summed E-state index contributed by atoms with van der Waals surface area (Å²) >= 11 is 0. The van der Waals surface area contributed by atoms with Crippen molar-refractivity contribution in [2.45, 2.75) is 25.2 Å². The van der Waals surface area contributed by atoms with Gasteiger partial charge in [-0.2, -0.15) is 0 Å². The van der Waals surface area contributed by atoms with Crippen LogP contribution in [0, 0.1) is 0 Å². The minimum Gasteiger partial charge on any atom is -0.478 e. The molecule has 0 bridgehead atoms. The third-order valence-corrected chi connectivity index (χ3v) is 4.00. The minimum absolute atomic E-state index is 0.254. The highest BCUT2D eigenvalue weighted by molar-refractivity contribution is 5.87. The number of hydrogen-bond donors (Lipinski definition) is 1. The molecule has 0 saturated heterocycles. The molecule has 0 spiro atoms. The first kappa shape index (κ1) is 13.0. The molecular weight excluding hydrogens is 278 g/mol. The number of rotatable bonds is 4. The normalized spacial score (nSPS) is 14.4. The van der Waals surface area contributed by atoms with Crippen molar-refractivity contribution >= 4 is 11.6 Å². The lowest BCUT2D eigenvalue weighted by Gasteiger charge is -1.99. The number of carboxylic acids is 1. The average molecular weight is 293 g/mol. The van der Waals surface area contributed by atoms with Gasteiger partial charge in [0, 0.05) is 30.7 Å². The van der Waals surface area contributed by atoms with E-state index in [1.807, 2.05) is 16.7 Å². The SMILES string of the molecule is O=C(O)c1ccnc(Cc2cn3cc(C4CC4)ccc3n2)c1. The van der Waals surface area contributed by atoms with Crippen molar-refractivity contribution in [3.63, 3.8) is 0 Å². The van der Waals surface area contributed by atoms with Gasteiger partial charge in [-0.15, -0.1) is 0 Å². The van der Waals surface area contributed by atoms with Crippen LogP contribution in [-0.4, -0.2) is 25.4 Å². The molecule has 1 saturated carbocycles. The molecular formula is C17H15N3O2. The summed E-state index contributed by atoms with van der Waals surface area (Å²) in [7, 11) is 0. The van der Waals surface area contributed by atoms with E-state index in [4.69, 9.17) is 5.11 Å². The van der Waals surface area contributed by atoms with Crippen molar-refractivity contribution in [3.05, 3.63) is 65.4 Å².